The first kappa shape index (κ1) is 26.3. The summed E-state index contributed by atoms with van der Waals surface area (Å²) in [5.74, 6) is -2.02. The number of alkyl halides is 3. The lowest BCUT2D eigenvalue weighted by Gasteiger charge is -2.18. The zero-order valence-electron chi connectivity index (χ0n) is 19.8. The lowest BCUT2D eigenvalue weighted by molar-refractivity contribution is -0.137. The van der Waals surface area contributed by atoms with Gasteiger partial charge in [0, 0.05) is 36.1 Å². The van der Waals surface area contributed by atoms with E-state index in [9.17, 15) is 32.3 Å². The molecule has 0 spiro atoms. The lowest BCUT2D eigenvalue weighted by atomic mass is 9.93. The zero-order chi connectivity index (χ0) is 27.4. The Labute approximate surface area is 214 Å². The molecule has 4 aromatic rings. The van der Waals surface area contributed by atoms with E-state index in [2.05, 4.69) is 10.3 Å². The highest BCUT2D eigenvalue weighted by Crippen LogP contribution is 2.41. The molecular weight excluding hydrogens is 504 g/mol. The summed E-state index contributed by atoms with van der Waals surface area (Å²) in [6, 6.07) is 14.1. The number of carboxylic acid groups (broad SMARTS) is 1. The van der Waals surface area contributed by atoms with Gasteiger partial charge in [0.2, 0.25) is 5.91 Å². The van der Waals surface area contributed by atoms with E-state index in [-0.39, 0.29) is 34.7 Å². The van der Waals surface area contributed by atoms with E-state index in [0.717, 1.165) is 12.1 Å². The molecule has 6 nitrogen and oxygen atoms in total. The molecule has 3 aromatic carbocycles. The second kappa shape index (κ2) is 10.7. The van der Waals surface area contributed by atoms with Crippen LogP contribution in [0, 0.1) is 5.82 Å². The van der Waals surface area contributed by atoms with E-state index in [1.807, 2.05) is 0 Å². The van der Waals surface area contributed by atoms with Gasteiger partial charge in [0.15, 0.2) is 0 Å². The fraction of sp³-hybridized carbons (Fsp3) is 0.107. The first-order chi connectivity index (χ1) is 18.0. The number of aromatic carboxylic acids is 1. The summed E-state index contributed by atoms with van der Waals surface area (Å²) >= 11 is 0. The molecule has 0 atom stereocenters. The van der Waals surface area contributed by atoms with E-state index in [4.69, 9.17) is 4.74 Å². The zero-order valence-corrected chi connectivity index (χ0v) is 19.8. The molecule has 0 fully saturated rings. The van der Waals surface area contributed by atoms with Crippen molar-refractivity contribution in [2.45, 2.75) is 19.7 Å². The number of nitrogens with zero attached hydrogens (tertiary/aromatic N) is 1. The molecule has 194 valence electrons. The van der Waals surface area contributed by atoms with Gasteiger partial charge in [0.25, 0.3) is 0 Å². The van der Waals surface area contributed by atoms with E-state index < -0.39 is 29.4 Å². The first-order valence-corrected chi connectivity index (χ1v) is 11.2. The van der Waals surface area contributed by atoms with Crippen LogP contribution in [0.4, 0.5) is 23.2 Å². The summed E-state index contributed by atoms with van der Waals surface area (Å²) in [5, 5.41) is 12.1. The van der Waals surface area contributed by atoms with Crippen molar-refractivity contribution in [3.05, 3.63) is 102 Å². The number of amides is 1. The lowest BCUT2D eigenvalue weighted by Crippen LogP contribution is -2.08. The third-order valence-corrected chi connectivity index (χ3v) is 5.54. The smallest absolute Gasteiger partial charge is 0.416 e. The number of carboxylic acids is 1. The molecular formula is C28H20F4N2O4. The van der Waals surface area contributed by atoms with Crippen molar-refractivity contribution >= 4 is 17.6 Å². The Morgan fingerprint density at radius 3 is 2.34 bits per heavy atom. The van der Waals surface area contributed by atoms with Crippen LogP contribution in [0.1, 0.15) is 28.4 Å². The Bertz CT molecular complexity index is 1500. The Morgan fingerprint density at radius 2 is 1.68 bits per heavy atom. The maximum atomic E-state index is 13.6. The number of pyridine rings is 1. The third kappa shape index (κ3) is 6.15. The van der Waals surface area contributed by atoms with Crippen molar-refractivity contribution in [1.29, 1.82) is 0 Å². The number of carbonyl (C=O) groups excluding carboxylic acids is 1. The average molecular weight is 524 g/mol. The van der Waals surface area contributed by atoms with Crippen LogP contribution in [0.15, 0.2) is 79.1 Å². The van der Waals surface area contributed by atoms with Gasteiger partial charge >= 0.3 is 12.1 Å². The van der Waals surface area contributed by atoms with Gasteiger partial charge in [-0.05, 0) is 71.3 Å². The van der Waals surface area contributed by atoms with Crippen molar-refractivity contribution in [3.8, 4) is 28.0 Å². The Hall–Kier alpha value is -4.73. The number of aromatic nitrogens is 1. The van der Waals surface area contributed by atoms with Gasteiger partial charge < -0.3 is 15.2 Å². The van der Waals surface area contributed by atoms with Crippen molar-refractivity contribution < 1.29 is 37.0 Å². The number of benzene rings is 3. The van der Waals surface area contributed by atoms with Gasteiger partial charge in [-0.1, -0.05) is 12.1 Å². The van der Waals surface area contributed by atoms with Crippen LogP contribution in [0.5, 0.6) is 5.75 Å². The summed E-state index contributed by atoms with van der Waals surface area (Å²) in [6.07, 6.45) is -1.88. The summed E-state index contributed by atoms with van der Waals surface area (Å²) in [5.41, 5.74) is 0.731. The maximum Gasteiger partial charge on any atom is 0.416 e. The Balaban J connectivity index is 1.86. The molecule has 0 saturated heterocycles. The minimum absolute atomic E-state index is 0.0462. The number of hydrogen-bond donors (Lipinski definition) is 2. The topological polar surface area (TPSA) is 88.5 Å². The molecule has 38 heavy (non-hydrogen) atoms. The summed E-state index contributed by atoms with van der Waals surface area (Å²) in [6.45, 7) is 1.22. The minimum atomic E-state index is -4.64. The summed E-state index contributed by atoms with van der Waals surface area (Å²) < 4.78 is 60.0. The van der Waals surface area contributed by atoms with Crippen LogP contribution in [-0.2, 0) is 17.6 Å². The largest absolute Gasteiger partial charge is 0.488 e. The first-order valence-electron chi connectivity index (χ1n) is 11.2. The van der Waals surface area contributed by atoms with Gasteiger partial charge in [-0.3, -0.25) is 9.78 Å². The molecule has 0 radical (unpaired) electrons. The molecule has 2 N–H and O–H groups in total. The molecule has 1 amide bonds. The van der Waals surface area contributed by atoms with E-state index in [1.165, 1.54) is 73.9 Å². The minimum Gasteiger partial charge on any atom is -0.488 e. The van der Waals surface area contributed by atoms with Crippen molar-refractivity contribution in [1.82, 2.24) is 4.98 Å². The van der Waals surface area contributed by atoms with Crippen molar-refractivity contribution in [3.63, 3.8) is 0 Å². The highest BCUT2D eigenvalue weighted by Gasteiger charge is 2.31. The molecule has 0 saturated carbocycles. The number of halogens is 4. The molecule has 0 aliphatic rings. The predicted octanol–water partition coefficient (Wildman–Crippen LogP) is 6.81. The van der Waals surface area contributed by atoms with Crippen molar-refractivity contribution in [2.24, 2.45) is 0 Å². The van der Waals surface area contributed by atoms with Gasteiger partial charge in [-0.15, -0.1) is 0 Å². The van der Waals surface area contributed by atoms with Crippen LogP contribution in [-0.4, -0.2) is 22.0 Å². The fourth-order valence-corrected chi connectivity index (χ4v) is 3.83. The van der Waals surface area contributed by atoms with E-state index in [1.54, 1.807) is 0 Å². The highest BCUT2D eigenvalue weighted by molar-refractivity contribution is 5.96. The van der Waals surface area contributed by atoms with Gasteiger partial charge in [-0.25, -0.2) is 9.18 Å². The van der Waals surface area contributed by atoms with Crippen LogP contribution in [0.2, 0.25) is 0 Å². The molecule has 4 rings (SSSR count). The Kier molecular flexibility index (Phi) is 7.43. The average Bonchev–Trinajstić information content (AvgIpc) is 2.87. The fourth-order valence-electron chi connectivity index (χ4n) is 3.83. The standard InChI is InChI=1S/C28H20F4N2O4/c1-16(35)34-22-11-18(10-19(12-22)27(36)37)23-8-9-33-14-25(23)24-13-20(28(30,31)32)4-7-26(24)38-15-17-2-5-21(29)6-3-17/h2-14H,15H2,1H3,(H,34,35)(H,36,37). The molecule has 10 heteroatoms. The van der Waals surface area contributed by atoms with Gasteiger partial charge in [-0.2, -0.15) is 13.2 Å². The predicted molar refractivity (Wildman–Crippen MR) is 132 cm³/mol. The van der Waals surface area contributed by atoms with Gasteiger partial charge in [0.05, 0.1) is 11.1 Å². The summed E-state index contributed by atoms with van der Waals surface area (Å²) in [7, 11) is 0. The highest BCUT2D eigenvalue weighted by atomic mass is 19.4. The van der Waals surface area contributed by atoms with Crippen LogP contribution < -0.4 is 10.1 Å². The third-order valence-electron chi connectivity index (χ3n) is 5.54. The number of hydrogen-bond acceptors (Lipinski definition) is 4. The molecule has 0 aliphatic heterocycles. The number of carbonyl (C=O) groups is 2. The van der Waals surface area contributed by atoms with E-state index in [0.29, 0.717) is 16.7 Å². The van der Waals surface area contributed by atoms with Crippen LogP contribution >= 0.6 is 0 Å². The van der Waals surface area contributed by atoms with Crippen LogP contribution in [0.25, 0.3) is 22.3 Å². The molecule has 1 heterocycles. The molecule has 0 aliphatic carbocycles. The number of ether oxygens (including phenoxy) is 1. The van der Waals surface area contributed by atoms with Gasteiger partial charge in [0.1, 0.15) is 18.2 Å². The van der Waals surface area contributed by atoms with Crippen LogP contribution in [0.3, 0.4) is 0 Å². The van der Waals surface area contributed by atoms with Crippen molar-refractivity contribution in [2.75, 3.05) is 5.32 Å². The second-order valence-electron chi connectivity index (χ2n) is 8.33. The summed E-state index contributed by atoms with van der Waals surface area (Å²) in [4.78, 5) is 27.4. The quantitative estimate of drug-likeness (QED) is 0.259. The normalized spacial score (nSPS) is 11.2. The Morgan fingerprint density at radius 1 is 0.947 bits per heavy atom. The molecule has 0 bridgehead atoms. The second-order valence-corrected chi connectivity index (χ2v) is 8.33. The van der Waals surface area contributed by atoms with E-state index >= 15 is 0 Å². The monoisotopic (exact) mass is 524 g/mol. The molecule has 1 aromatic heterocycles. The number of anilines is 1. The molecule has 0 unspecified atom stereocenters. The SMILES string of the molecule is CC(=O)Nc1cc(C(=O)O)cc(-c2ccncc2-c2cc(C(F)(F)F)ccc2OCc2ccc(F)cc2)c1. The maximum absolute atomic E-state index is 13.6. The number of rotatable bonds is 7. The number of nitrogens with one attached hydrogen (secondary N) is 1.